The SMILES string of the molecule is CCN(CC)CC(=O)Nc1c(C)cccc1C(C)=O. The summed E-state index contributed by atoms with van der Waals surface area (Å²) in [4.78, 5) is 25.6. The number of amides is 1. The summed E-state index contributed by atoms with van der Waals surface area (Å²) in [6.45, 7) is 9.44. The van der Waals surface area contributed by atoms with Crippen molar-refractivity contribution in [2.75, 3.05) is 25.0 Å². The van der Waals surface area contributed by atoms with E-state index in [1.165, 1.54) is 6.92 Å². The number of carbonyl (C=O) groups excluding carboxylic acids is 2. The first-order valence-electron chi connectivity index (χ1n) is 6.62. The van der Waals surface area contributed by atoms with E-state index in [1.54, 1.807) is 6.07 Å². The lowest BCUT2D eigenvalue weighted by Gasteiger charge is -2.18. The minimum Gasteiger partial charge on any atom is -0.324 e. The molecule has 0 radical (unpaired) electrons. The Morgan fingerprint density at radius 3 is 2.37 bits per heavy atom. The highest BCUT2D eigenvalue weighted by molar-refractivity contribution is 6.04. The molecule has 1 amide bonds. The highest BCUT2D eigenvalue weighted by Crippen LogP contribution is 2.21. The third-order valence-corrected chi connectivity index (χ3v) is 3.18. The minimum absolute atomic E-state index is 0.0400. The number of likely N-dealkylation sites (N-methyl/N-ethyl adjacent to an activating group) is 1. The lowest BCUT2D eigenvalue weighted by atomic mass is 10.0. The lowest BCUT2D eigenvalue weighted by molar-refractivity contribution is -0.117. The van der Waals surface area contributed by atoms with E-state index in [2.05, 4.69) is 5.32 Å². The van der Waals surface area contributed by atoms with Crippen LogP contribution in [0.4, 0.5) is 5.69 Å². The quantitative estimate of drug-likeness (QED) is 0.801. The van der Waals surface area contributed by atoms with E-state index in [0.717, 1.165) is 18.7 Å². The van der Waals surface area contributed by atoms with Gasteiger partial charge in [0.05, 0.1) is 12.2 Å². The fourth-order valence-corrected chi connectivity index (χ4v) is 1.96. The van der Waals surface area contributed by atoms with E-state index in [0.29, 0.717) is 17.8 Å². The van der Waals surface area contributed by atoms with Gasteiger partial charge in [-0.1, -0.05) is 26.0 Å². The van der Waals surface area contributed by atoms with E-state index in [9.17, 15) is 9.59 Å². The minimum atomic E-state index is -0.0829. The third kappa shape index (κ3) is 4.17. The van der Waals surface area contributed by atoms with Crippen molar-refractivity contribution >= 4 is 17.4 Å². The number of anilines is 1. The van der Waals surface area contributed by atoms with Crippen LogP contribution in [0.5, 0.6) is 0 Å². The highest BCUT2D eigenvalue weighted by Gasteiger charge is 2.13. The van der Waals surface area contributed by atoms with Gasteiger partial charge in [0.25, 0.3) is 0 Å². The molecular weight excluding hydrogens is 240 g/mol. The molecule has 0 fully saturated rings. The molecule has 4 nitrogen and oxygen atoms in total. The first-order valence-corrected chi connectivity index (χ1v) is 6.62. The van der Waals surface area contributed by atoms with Gasteiger partial charge in [-0.25, -0.2) is 0 Å². The van der Waals surface area contributed by atoms with Crippen LogP contribution in [0.1, 0.15) is 36.7 Å². The highest BCUT2D eigenvalue weighted by atomic mass is 16.2. The maximum absolute atomic E-state index is 12.0. The number of carbonyl (C=O) groups is 2. The average molecular weight is 262 g/mol. The van der Waals surface area contributed by atoms with Gasteiger partial charge in [-0.2, -0.15) is 0 Å². The summed E-state index contributed by atoms with van der Waals surface area (Å²) >= 11 is 0. The lowest BCUT2D eigenvalue weighted by Crippen LogP contribution is -2.33. The van der Waals surface area contributed by atoms with Crippen molar-refractivity contribution < 1.29 is 9.59 Å². The standard InChI is InChI=1S/C15H22N2O2/c1-5-17(6-2)10-14(19)16-15-11(3)8-7-9-13(15)12(4)18/h7-9H,5-6,10H2,1-4H3,(H,16,19). The topological polar surface area (TPSA) is 49.4 Å². The summed E-state index contributed by atoms with van der Waals surface area (Å²) in [7, 11) is 0. The number of para-hydroxylation sites is 1. The molecule has 0 saturated heterocycles. The zero-order valence-electron chi connectivity index (χ0n) is 12.1. The van der Waals surface area contributed by atoms with Gasteiger partial charge in [-0.05, 0) is 38.6 Å². The van der Waals surface area contributed by atoms with Crippen LogP contribution in [-0.2, 0) is 4.79 Å². The van der Waals surface area contributed by atoms with E-state index in [-0.39, 0.29) is 11.7 Å². The summed E-state index contributed by atoms with van der Waals surface area (Å²) in [6.07, 6.45) is 0. The normalized spacial score (nSPS) is 10.6. The number of ketones is 1. The van der Waals surface area contributed by atoms with Crippen LogP contribution in [0.25, 0.3) is 0 Å². The van der Waals surface area contributed by atoms with Crippen molar-refractivity contribution in [3.8, 4) is 0 Å². The summed E-state index contributed by atoms with van der Waals surface area (Å²) in [5.74, 6) is -0.123. The summed E-state index contributed by atoms with van der Waals surface area (Å²) in [6, 6.07) is 5.45. The predicted molar refractivity (Wildman–Crippen MR) is 77.6 cm³/mol. The number of rotatable bonds is 6. The summed E-state index contributed by atoms with van der Waals surface area (Å²) < 4.78 is 0. The second-order valence-electron chi connectivity index (χ2n) is 4.56. The van der Waals surface area contributed by atoms with Crippen molar-refractivity contribution in [1.29, 1.82) is 0 Å². The van der Waals surface area contributed by atoms with E-state index < -0.39 is 0 Å². The zero-order chi connectivity index (χ0) is 14.4. The van der Waals surface area contributed by atoms with Crippen LogP contribution in [0, 0.1) is 6.92 Å². The van der Waals surface area contributed by atoms with Crippen molar-refractivity contribution in [1.82, 2.24) is 4.90 Å². The van der Waals surface area contributed by atoms with Crippen molar-refractivity contribution in [3.63, 3.8) is 0 Å². The van der Waals surface area contributed by atoms with Crippen molar-refractivity contribution in [3.05, 3.63) is 29.3 Å². The zero-order valence-corrected chi connectivity index (χ0v) is 12.1. The molecule has 4 heteroatoms. The van der Waals surface area contributed by atoms with E-state index in [1.807, 2.05) is 37.8 Å². The average Bonchev–Trinajstić information content (AvgIpc) is 2.38. The first-order chi connectivity index (χ1) is 8.99. The molecule has 19 heavy (non-hydrogen) atoms. The van der Waals surface area contributed by atoms with Gasteiger partial charge in [-0.15, -0.1) is 0 Å². The number of hydrogen-bond donors (Lipinski definition) is 1. The molecule has 0 bridgehead atoms. The van der Waals surface area contributed by atoms with Gasteiger partial charge in [0.2, 0.25) is 5.91 Å². The molecule has 0 atom stereocenters. The first kappa shape index (κ1) is 15.4. The predicted octanol–water partition coefficient (Wildman–Crippen LogP) is 2.48. The van der Waals surface area contributed by atoms with Crippen LogP contribution in [-0.4, -0.2) is 36.2 Å². The molecule has 0 aliphatic carbocycles. The number of aryl methyl sites for hydroxylation is 1. The van der Waals surface area contributed by atoms with Gasteiger partial charge in [-0.3, -0.25) is 14.5 Å². The second kappa shape index (κ2) is 7.04. The number of nitrogens with zero attached hydrogens (tertiary/aromatic N) is 1. The number of benzene rings is 1. The Labute approximate surface area is 114 Å². The maximum atomic E-state index is 12.0. The molecule has 1 aromatic carbocycles. The fourth-order valence-electron chi connectivity index (χ4n) is 1.96. The Bertz CT molecular complexity index is 465. The smallest absolute Gasteiger partial charge is 0.238 e. The van der Waals surface area contributed by atoms with Crippen molar-refractivity contribution in [2.45, 2.75) is 27.7 Å². The molecule has 1 aromatic rings. The van der Waals surface area contributed by atoms with Crippen LogP contribution >= 0.6 is 0 Å². The molecule has 0 heterocycles. The van der Waals surface area contributed by atoms with E-state index >= 15 is 0 Å². The molecule has 0 aliphatic rings. The van der Waals surface area contributed by atoms with Crippen LogP contribution in [0.15, 0.2) is 18.2 Å². The van der Waals surface area contributed by atoms with E-state index in [4.69, 9.17) is 0 Å². The third-order valence-electron chi connectivity index (χ3n) is 3.18. The van der Waals surface area contributed by atoms with Crippen LogP contribution < -0.4 is 5.32 Å². The molecule has 1 N–H and O–H groups in total. The maximum Gasteiger partial charge on any atom is 0.238 e. The molecule has 0 saturated carbocycles. The monoisotopic (exact) mass is 262 g/mol. The number of Topliss-reactive ketones (excluding diaryl/α,β-unsaturated/α-hetero) is 1. The van der Waals surface area contributed by atoms with Gasteiger partial charge >= 0.3 is 0 Å². The Morgan fingerprint density at radius 1 is 1.21 bits per heavy atom. The van der Waals surface area contributed by atoms with Gasteiger partial charge in [0.1, 0.15) is 0 Å². The molecule has 1 rings (SSSR count). The largest absolute Gasteiger partial charge is 0.324 e. The number of hydrogen-bond acceptors (Lipinski definition) is 3. The Balaban J connectivity index is 2.87. The Hall–Kier alpha value is -1.68. The summed E-state index contributed by atoms with van der Waals surface area (Å²) in [5, 5.41) is 2.86. The molecule has 104 valence electrons. The Morgan fingerprint density at radius 2 is 1.84 bits per heavy atom. The fraction of sp³-hybridized carbons (Fsp3) is 0.467. The second-order valence-corrected chi connectivity index (χ2v) is 4.56. The molecule has 0 aliphatic heterocycles. The summed E-state index contributed by atoms with van der Waals surface area (Å²) in [5.41, 5.74) is 2.10. The van der Waals surface area contributed by atoms with Crippen molar-refractivity contribution in [2.24, 2.45) is 0 Å². The molecule has 0 unspecified atom stereocenters. The number of nitrogens with one attached hydrogen (secondary N) is 1. The van der Waals surface area contributed by atoms with Gasteiger partial charge in [0.15, 0.2) is 5.78 Å². The van der Waals surface area contributed by atoms with Crippen LogP contribution in [0.3, 0.4) is 0 Å². The molecule has 0 spiro atoms. The molecular formula is C15H22N2O2. The Kier molecular flexibility index (Phi) is 5.70. The molecule has 0 aromatic heterocycles. The van der Waals surface area contributed by atoms with Gasteiger partial charge < -0.3 is 5.32 Å². The van der Waals surface area contributed by atoms with Gasteiger partial charge in [0, 0.05) is 5.56 Å². The van der Waals surface area contributed by atoms with Crippen LogP contribution in [0.2, 0.25) is 0 Å².